The Morgan fingerprint density at radius 3 is 2.67 bits per heavy atom. The predicted molar refractivity (Wildman–Crippen MR) is 189 cm³/mol. The molecule has 5 rings (SSSR count). The van der Waals surface area contributed by atoms with Gasteiger partial charge in [0.05, 0.1) is 18.4 Å². The number of amides is 3. The van der Waals surface area contributed by atoms with Gasteiger partial charge in [-0.1, -0.05) is 49.8 Å². The number of methoxy groups -OCH3 is 1. The molecule has 3 amide bonds. The van der Waals surface area contributed by atoms with E-state index < -0.39 is 50.3 Å². The number of carbonyl (C=O) groups is 3. The van der Waals surface area contributed by atoms with Gasteiger partial charge in [0, 0.05) is 36.7 Å². The Morgan fingerprint density at radius 2 is 1.98 bits per heavy atom. The molecule has 2 heterocycles. The zero-order valence-corrected chi connectivity index (χ0v) is 29.7. The number of rotatable bonds is 9. The zero-order chi connectivity index (χ0) is 35.4. The summed E-state index contributed by atoms with van der Waals surface area (Å²) >= 11 is 0. The quantitative estimate of drug-likeness (QED) is 0.152. The van der Waals surface area contributed by atoms with Crippen LogP contribution in [0, 0.1) is 5.92 Å². The molecule has 0 unspecified atom stereocenters. The van der Waals surface area contributed by atoms with E-state index in [-0.39, 0.29) is 31.2 Å². The molecule has 1 aromatic carbocycles. The summed E-state index contributed by atoms with van der Waals surface area (Å²) in [7, 11) is -0.776. The molecule has 266 valence electrons. The van der Waals surface area contributed by atoms with Crippen LogP contribution in [0.5, 0.6) is 5.75 Å². The highest BCUT2D eigenvalue weighted by molar-refractivity contribution is 7.91. The van der Waals surface area contributed by atoms with Crippen LogP contribution in [0.1, 0.15) is 71.6 Å². The SMILES string of the molecule is C=C(/C=C\C)/C(=N\C)O[C@@H]1C[C@H]2C(=O)N[C@]3(C(=O)NS(=O)(=O)C4(C)CC4)C[C@H]3/C=C\CCCCC[C@H](Nc3cccc(OC)c3)C(=O)N2C1. The highest BCUT2D eigenvalue weighted by Gasteiger charge is 2.63. The maximum Gasteiger partial charge on any atom is 0.259 e. The molecule has 4 aliphatic rings. The summed E-state index contributed by atoms with van der Waals surface area (Å²) in [5, 5.41) is 6.30. The number of aliphatic imine (C=N–C) groups is 1. The minimum atomic E-state index is -3.94. The van der Waals surface area contributed by atoms with Gasteiger partial charge in [-0.25, -0.2) is 8.42 Å². The lowest BCUT2D eigenvalue weighted by atomic mass is 10.0. The fourth-order valence-electron chi connectivity index (χ4n) is 6.56. The molecule has 2 aliphatic carbocycles. The van der Waals surface area contributed by atoms with E-state index in [1.54, 1.807) is 27.2 Å². The lowest BCUT2D eigenvalue weighted by Gasteiger charge is -2.30. The minimum absolute atomic E-state index is 0.102. The third-order valence-electron chi connectivity index (χ3n) is 10.0. The van der Waals surface area contributed by atoms with E-state index in [2.05, 4.69) is 26.9 Å². The Balaban J connectivity index is 1.46. The van der Waals surface area contributed by atoms with Crippen LogP contribution < -0.4 is 20.1 Å². The third-order valence-corrected chi connectivity index (χ3v) is 12.2. The van der Waals surface area contributed by atoms with E-state index in [0.29, 0.717) is 42.2 Å². The van der Waals surface area contributed by atoms with Crippen molar-refractivity contribution in [1.82, 2.24) is 14.9 Å². The average molecular weight is 696 g/mol. The van der Waals surface area contributed by atoms with Crippen molar-refractivity contribution in [2.24, 2.45) is 10.9 Å². The van der Waals surface area contributed by atoms with Crippen molar-refractivity contribution in [2.45, 2.75) is 100 Å². The highest BCUT2D eigenvalue weighted by atomic mass is 32.2. The molecule has 1 aromatic rings. The first-order valence-electron chi connectivity index (χ1n) is 17.1. The Labute approximate surface area is 289 Å². The molecule has 12 nitrogen and oxygen atoms in total. The second-order valence-corrected chi connectivity index (χ2v) is 15.9. The summed E-state index contributed by atoms with van der Waals surface area (Å²) in [6.07, 6.45) is 12.0. The fourth-order valence-corrected chi connectivity index (χ4v) is 7.87. The van der Waals surface area contributed by atoms with Crippen molar-refractivity contribution >= 4 is 39.3 Å². The van der Waals surface area contributed by atoms with E-state index in [0.717, 1.165) is 25.7 Å². The molecule has 0 bridgehead atoms. The first kappa shape index (κ1) is 36.2. The predicted octanol–water partition coefficient (Wildman–Crippen LogP) is 4.02. The van der Waals surface area contributed by atoms with E-state index in [9.17, 15) is 22.8 Å². The Bertz CT molecular complexity index is 1650. The molecule has 0 aromatic heterocycles. The lowest BCUT2D eigenvalue weighted by molar-refractivity contribution is -0.140. The molecule has 49 heavy (non-hydrogen) atoms. The van der Waals surface area contributed by atoms with Gasteiger partial charge in [0.15, 0.2) is 0 Å². The first-order chi connectivity index (χ1) is 23.4. The Hall–Kier alpha value is -4.13. The molecular weight excluding hydrogens is 646 g/mol. The number of carbonyl (C=O) groups excluding carboxylic acids is 3. The molecule has 2 saturated carbocycles. The molecule has 5 atom stereocenters. The molecule has 3 fully saturated rings. The Kier molecular flexibility index (Phi) is 10.9. The number of benzene rings is 1. The number of fused-ring (bicyclic) bond motifs is 2. The largest absolute Gasteiger partial charge is 0.497 e. The minimum Gasteiger partial charge on any atom is -0.497 e. The summed E-state index contributed by atoms with van der Waals surface area (Å²) in [6.45, 7) is 7.59. The van der Waals surface area contributed by atoms with E-state index in [1.165, 1.54) is 4.90 Å². The van der Waals surface area contributed by atoms with Crippen molar-refractivity contribution in [3.8, 4) is 5.75 Å². The van der Waals surface area contributed by atoms with Crippen molar-refractivity contribution in [3.05, 3.63) is 60.7 Å². The van der Waals surface area contributed by atoms with Crippen molar-refractivity contribution in [3.63, 3.8) is 0 Å². The van der Waals surface area contributed by atoms with Gasteiger partial charge >= 0.3 is 0 Å². The van der Waals surface area contributed by atoms with Gasteiger partial charge in [0.2, 0.25) is 27.7 Å². The average Bonchev–Trinajstić information content (AvgIpc) is 3.95. The second-order valence-electron chi connectivity index (χ2n) is 13.7. The van der Waals surface area contributed by atoms with E-state index in [4.69, 9.17) is 9.47 Å². The number of nitrogens with zero attached hydrogens (tertiary/aromatic N) is 2. The number of anilines is 1. The number of ether oxygens (including phenoxy) is 2. The third kappa shape index (κ3) is 8.03. The molecule has 3 N–H and O–H groups in total. The van der Waals surface area contributed by atoms with Gasteiger partial charge in [-0.15, -0.1) is 0 Å². The van der Waals surface area contributed by atoms with E-state index >= 15 is 0 Å². The number of nitrogens with one attached hydrogen (secondary N) is 3. The first-order valence-corrected chi connectivity index (χ1v) is 18.6. The van der Waals surface area contributed by atoms with Gasteiger partial charge in [-0.05, 0) is 64.5 Å². The maximum atomic E-state index is 14.5. The fraction of sp³-hybridized carbons (Fsp3) is 0.556. The van der Waals surface area contributed by atoms with Gasteiger partial charge in [-0.3, -0.25) is 24.1 Å². The van der Waals surface area contributed by atoms with Crippen molar-refractivity contribution < 1.29 is 32.3 Å². The molecular formula is C36H49N5O7S. The van der Waals surface area contributed by atoms with Crippen molar-refractivity contribution in [1.29, 1.82) is 0 Å². The zero-order valence-electron chi connectivity index (χ0n) is 28.9. The van der Waals surface area contributed by atoms with Gasteiger partial charge in [0.1, 0.15) is 29.5 Å². The van der Waals surface area contributed by atoms with Crippen LogP contribution in [0.25, 0.3) is 0 Å². The summed E-state index contributed by atoms with van der Waals surface area (Å²) in [5.41, 5.74) is -0.193. The topological polar surface area (TPSA) is 155 Å². The summed E-state index contributed by atoms with van der Waals surface area (Å²) in [5.74, 6) is -1.02. The molecule has 2 aliphatic heterocycles. The smallest absolute Gasteiger partial charge is 0.259 e. The second kappa shape index (κ2) is 14.8. The van der Waals surface area contributed by atoms with Crippen LogP contribution in [0.15, 0.2) is 65.7 Å². The van der Waals surface area contributed by atoms with Crippen LogP contribution in [-0.4, -0.2) is 86.1 Å². The lowest BCUT2D eigenvalue weighted by Crippen LogP contribution is -2.58. The number of allylic oxidation sites excluding steroid dienone is 2. The number of sulfonamides is 1. The number of hydrogen-bond donors (Lipinski definition) is 3. The highest BCUT2D eigenvalue weighted by Crippen LogP contribution is 2.47. The number of hydrogen-bond acceptors (Lipinski definition) is 9. The molecule has 13 heteroatoms. The molecule has 0 spiro atoms. The standard InChI is InChI=1S/C36H49N5O7S/c1-6-13-24(2)32(37-4)48-28-21-30-31(42)39-36(34(44)40-49(45,46)35(3)18-19-35)22-25(36)14-10-8-7-9-11-17-29(33(43)41(30)23-28)38-26-15-12-16-27(20-26)47-5/h6,10,12-16,20,25,28-30,38H,2,7-9,11,17-19,21-23H2,1,3-5H3,(H,39,42)(H,40,44)/b13-6-,14-10-,37-32+/t25-,28-,29+,30+,36-/m1/s1. The van der Waals surface area contributed by atoms with Crippen molar-refractivity contribution in [2.75, 3.05) is 26.0 Å². The van der Waals surface area contributed by atoms with Crippen LogP contribution in [0.2, 0.25) is 0 Å². The normalized spacial score (nSPS) is 29.4. The van der Waals surface area contributed by atoms with Crippen LogP contribution >= 0.6 is 0 Å². The van der Waals surface area contributed by atoms with Crippen LogP contribution in [-0.2, 0) is 29.1 Å². The Morgan fingerprint density at radius 1 is 1.20 bits per heavy atom. The maximum absolute atomic E-state index is 14.5. The monoisotopic (exact) mass is 695 g/mol. The summed E-state index contributed by atoms with van der Waals surface area (Å²) in [4.78, 5) is 48.3. The van der Waals surface area contributed by atoms with Gasteiger partial charge in [-0.2, -0.15) is 0 Å². The molecule has 0 radical (unpaired) electrons. The van der Waals surface area contributed by atoms with Gasteiger partial charge in [0.25, 0.3) is 5.91 Å². The molecule has 1 saturated heterocycles. The van der Waals surface area contributed by atoms with Crippen LogP contribution in [0.3, 0.4) is 0 Å². The van der Waals surface area contributed by atoms with Crippen LogP contribution in [0.4, 0.5) is 5.69 Å². The van der Waals surface area contributed by atoms with E-state index in [1.807, 2.05) is 49.4 Å². The van der Waals surface area contributed by atoms with Gasteiger partial charge < -0.3 is 25.0 Å². The summed E-state index contributed by atoms with van der Waals surface area (Å²) < 4.78 is 39.0. The summed E-state index contributed by atoms with van der Waals surface area (Å²) in [6, 6.07) is 5.69.